The van der Waals surface area contributed by atoms with Crippen LogP contribution in [0.1, 0.15) is 44.2 Å². The highest BCUT2D eigenvalue weighted by Crippen LogP contribution is 2.34. The molecular formula is C25H31Cl3N4O. The molecule has 2 aromatic carbocycles. The molecule has 1 amide bonds. The van der Waals surface area contributed by atoms with Gasteiger partial charge in [-0.1, -0.05) is 47.3 Å². The zero-order valence-electron chi connectivity index (χ0n) is 18.9. The number of nitrogens with two attached hydrogens (primary N) is 1. The minimum Gasteiger partial charge on any atom is -0.377 e. The number of halogens is 3. The molecule has 0 spiro atoms. The molecule has 3 unspecified atom stereocenters. The van der Waals surface area contributed by atoms with E-state index in [1.165, 1.54) is 0 Å². The van der Waals surface area contributed by atoms with Crippen LogP contribution in [0.5, 0.6) is 0 Å². The number of nitrogens with zero attached hydrogens (tertiary/aromatic N) is 2. The van der Waals surface area contributed by atoms with Crippen molar-refractivity contribution < 1.29 is 4.79 Å². The molecule has 1 heterocycles. The normalized spacial score (nSPS) is 22.7. The molecule has 2 aliphatic rings. The predicted molar refractivity (Wildman–Crippen MR) is 139 cm³/mol. The van der Waals surface area contributed by atoms with Gasteiger partial charge in [-0.3, -0.25) is 9.69 Å². The molecule has 3 atom stereocenters. The maximum Gasteiger partial charge on any atom is 0.220 e. The summed E-state index contributed by atoms with van der Waals surface area (Å²) in [5, 5.41) is 5.43. The van der Waals surface area contributed by atoms with Gasteiger partial charge in [-0.2, -0.15) is 0 Å². The molecule has 1 saturated heterocycles. The average Bonchev–Trinajstić information content (AvgIpc) is 2.80. The average molecular weight is 510 g/mol. The van der Waals surface area contributed by atoms with E-state index in [-0.39, 0.29) is 17.9 Å². The van der Waals surface area contributed by atoms with Crippen molar-refractivity contribution in [1.29, 1.82) is 0 Å². The zero-order chi connectivity index (χ0) is 23.5. The number of hydrogen-bond acceptors (Lipinski definition) is 4. The van der Waals surface area contributed by atoms with Gasteiger partial charge in [0, 0.05) is 53.9 Å². The first-order valence-corrected chi connectivity index (χ1v) is 12.7. The van der Waals surface area contributed by atoms with Gasteiger partial charge in [-0.25, -0.2) is 0 Å². The Bertz CT molecular complexity index is 994. The van der Waals surface area contributed by atoms with E-state index in [2.05, 4.69) is 34.2 Å². The van der Waals surface area contributed by atoms with Gasteiger partial charge < -0.3 is 16.0 Å². The summed E-state index contributed by atoms with van der Waals surface area (Å²) in [7, 11) is 0. The summed E-state index contributed by atoms with van der Waals surface area (Å²) in [4.78, 5) is 16.6. The van der Waals surface area contributed by atoms with Gasteiger partial charge in [0.1, 0.15) is 0 Å². The molecule has 2 aromatic rings. The monoisotopic (exact) mass is 508 g/mol. The lowest BCUT2D eigenvalue weighted by Gasteiger charge is -2.42. The smallest absolute Gasteiger partial charge is 0.220 e. The standard InChI is InChI=1S/C25H31Cl3N4O/c1-16(21-7-5-18(26)14-23(21)28)30-24-15-20(6-8-22(24)27)32-11-9-31(10-12-32)19-4-2-3-17(13-19)25(29)33/h5-8,14-17,19,30H,2-4,9-13H2,1H3,(H2,29,33). The number of anilines is 2. The third-order valence-corrected chi connectivity index (χ3v) is 7.89. The zero-order valence-corrected chi connectivity index (χ0v) is 21.1. The van der Waals surface area contributed by atoms with E-state index in [0.29, 0.717) is 21.1 Å². The fraction of sp³-hybridized carbons (Fsp3) is 0.480. The van der Waals surface area contributed by atoms with Crippen molar-refractivity contribution in [3.05, 3.63) is 57.0 Å². The van der Waals surface area contributed by atoms with Crippen molar-refractivity contribution >= 4 is 52.1 Å². The van der Waals surface area contributed by atoms with E-state index >= 15 is 0 Å². The molecule has 0 aromatic heterocycles. The summed E-state index contributed by atoms with van der Waals surface area (Å²) in [5.74, 6) is -0.114. The van der Waals surface area contributed by atoms with E-state index < -0.39 is 0 Å². The first-order chi connectivity index (χ1) is 15.8. The lowest BCUT2D eigenvalue weighted by molar-refractivity contribution is -0.123. The summed E-state index contributed by atoms with van der Waals surface area (Å²) < 4.78 is 0. The molecule has 2 fully saturated rings. The number of benzene rings is 2. The maximum absolute atomic E-state index is 11.6. The molecular weight excluding hydrogens is 479 g/mol. The van der Waals surface area contributed by atoms with E-state index in [4.69, 9.17) is 40.5 Å². The van der Waals surface area contributed by atoms with Crippen molar-refractivity contribution in [1.82, 2.24) is 4.90 Å². The molecule has 4 rings (SSSR count). The second-order valence-corrected chi connectivity index (χ2v) is 10.4. The van der Waals surface area contributed by atoms with E-state index in [0.717, 1.165) is 68.8 Å². The van der Waals surface area contributed by atoms with Gasteiger partial charge in [0.05, 0.1) is 16.8 Å². The summed E-state index contributed by atoms with van der Waals surface area (Å²) in [6, 6.07) is 12.1. The van der Waals surface area contributed by atoms with Crippen molar-refractivity contribution in [2.24, 2.45) is 11.7 Å². The van der Waals surface area contributed by atoms with Crippen LogP contribution < -0.4 is 16.0 Å². The first kappa shape index (κ1) is 24.5. The molecule has 178 valence electrons. The number of primary amides is 1. The SMILES string of the molecule is CC(Nc1cc(N2CCN(C3CCCC(C(N)=O)C3)CC2)ccc1Cl)c1ccc(Cl)cc1Cl. The molecule has 33 heavy (non-hydrogen) atoms. The van der Waals surface area contributed by atoms with Crippen LogP contribution in [0, 0.1) is 5.92 Å². The van der Waals surface area contributed by atoms with Gasteiger partial charge >= 0.3 is 0 Å². The van der Waals surface area contributed by atoms with Gasteiger partial charge in [0.2, 0.25) is 5.91 Å². The van der Waals surface area contributed by atoms with Crippen LogP contribution in [-0.4, -0.2) is 43.0 Å². The molecule has 5 nitrogen and oxygen atoms in total. The summed E-state index contributed by atoms with van der Waals surface area (Å²) in [6.45, 7) is 5.91. The molecule has 1 aliphatic heterocycles. The van der Waals surface area contributed by atoms with Gasteiger partial charge in [0.15, 0.2) is 0 Å². The summed E-state index contributed by atoms with van der Waals surface area (Å²) in [5.41, 5.74) is 8.57. The second kappa shape index (κ2) is 10.7. The number of carbonyl (C=O) groups is 1. The predicted octanol–water partition coefficient (Wildman–Crippen LogP) is 5.99. The van der Waals surface area contributed by atoms with Crippen LogP contribution >= 0.6 is 34.8 Å². The van der Waals surface area contributed by atoms with Crippen molar-refractivity contribution in [2.75, 3.05) is 36.4 Å². The third-order valence-electron chi connectivity index (χ3n) is 7.00. The van der Waals surface area contributed by atoms with Gasteiger partial charge in [-0.15, -0.1) is 0 Å². The Balaban J connectivity index is 1.39. The molecule has 0 radical (unpaired) electrons. The lowest BCUT2D eigenvalue weighted by atomic mass is 9.84. The third kappa shape index (κ3) is 5.89. The fourth-order valence-corrected chi connectivity index (χ4v) is 5.83. The largest absolute Gasteiger partial charge is 0.377 e. The Labute approximate surface area is 211 Å². The van der Waals surface area contributed by atoms with E-state index in [1.807, 2.05) is 18.2 Å². The Hall–Kier alpha value is -1.66. The lowest BCUT2D eigenvalue weighted by Crippen LogP contribution is -2.52. The first-order valence-electron chi connectivity index (χ1n) is 11.6. The molecule has 1 saturated carbocycles. The van der Waals surface area contributed by atoms with Crippen molar-refractivity contribution in [3.8, 4) is 0 Å². The summed E-state index contributed by atoms with van der Waals surface area (Å²) >= 11 is 18.9. The highest BCUT2D eigenvalue weighted by atomic mass is 35.5. The topological polar surface area (TPSA) is 61.6 Å². The number of carbonyl (C=O) groups excluding carboxylic acids is 1. The van der Waals surface area contributed by atoms with Crippen LogP contribution in [0.2, 0.25) is 15.1 Å². The number of hydrogen-bond donors (Lipinski definition) is 2. The highest BCUT2D eigenvalue weighted by Gasteiger charge is 2.31. The Morgan fingerprint density at radius 2 is 1.79 bits per heavy atom. The number of rotatable bonds is 6. The minimum absolute atomic E-state index is 0.0242. The maximum atomic E-state index is 11.6. The van der Waals surface area contributed by atoms with Crippen LogP contribution in [0.4, 0.5) is 11.4 Å². The fourth-order valence-electron chi connectivity index (χ4n) is 5.08. The second-order valence-electron chi connectivity index (χ2n) is 9.14. The van der Waals surface area contributed by atoms with Crippen LogP contribution in [0.15, 0.2) is 36.4 Å². The Morgan fingerprint density at radius 3 is 2.48 bits per heavy atom. The van der Waals surface area contributed by atoms with Crippen molar-refractivity contribution in [2.45, 2.75) is 44.7 Å². The van der Waals surface area contributed by atoms with Crippen LogP contribution in [-0.2, 0) is 4.79 Å². The minimum atomic E-state index is -0.145. The quantitative estimate of drug-likeness (QED) is 0.502. The number of amides is 1. The summed E-state index contributed by atoms with van der Waals surface area (Å²) in [6.07, 6.45) is 4.08. The highest BCUT2D eigenvalue weighted by molar-refractivity contribution is 6.35. The van der Waals surface area contributed by atoms with Gasteiger partial charge in [0.25, 0.3) is 0 Å². The van der Waals surface area contributed by atoms with Crippen LogP contribution in [0.3, 0.4) is 0 Å². The van der Waals surface area contributed by atoms with E-state index in [1.54, 1.807) is 6.07 Å². The Kier molecular flexibility index (Phi) is 7.95. The van der Waals surface area contributed by atoms with Gasteiger partial charge in [-0.05, 0) is 62.1 Å². The van der Waals surface area contributed by atoms with Crippen LogP contribution in [0.25, 0.3) is 0 Å². The molecule has 3 N–H and O–H groups in total. The Morgan fingerprint density at radius 1 is 1.03 bits per heavy atom. The molecule has 1 aliphatic carbocycles. The molecule has 0 bridgehead atoms. The number of piperazine rings is 1. The van der Waals surface area contributed by atoms with Crippen molar-refractivity contribution in [3.63, 3.8) is 0 Å². The number of nitrogens with one attached hydrogen (secondary N) is 1. The molecule has 8 heteroatoms. The van der Waals surface area contributed by atoms with E-state index in [9.17, 15) is 4.79 Å².